The number of hydrogen-bond acceptors (Lipinski definition) is 4. The van der Waals surface area contributed by atoms with Crippen molar-refractivity contribution >= 4 is 27.6 Å². The number of sulfonamides is 1. The molecule has 26 heavy (non-hydrogen) atoms. The number of carbonyl (C=O) groups is 1. The monoisotopic (exact) mass is 388 g/mol. The molecule has 2 rings (SSSR count). The van der Waals surface area contributed by atoms with Gasteiger partial charge in [0.1, 0.15) is 5.82 Å². The van der Waals surface area contributed by atoms with Crippen LogP contribution in [0.1, 0.15) is 12.5 Å². The van der Waals surface area contributed by atoms with Crippen molar-refractivity contribution in [2.75, 3.05) is 17.2 Å². The van der Waals surface area contributed by atoms with E-state index in [2.05, 4.69) is 20.3 Å². The number of pyridine rings is 1. The average molecular weight is 388 g/mol. The minimum absolute atomic E-state index is 0.0608. The molecule has 0 atom stereocenters. The van der Waals surface area contributed by atoms with Crippen LogP contribution in [0.5, 0.6) is 0 Å². The van der Waals surface area contributed by atoms with Crippen molar-refractivity contribution in [2.45, 2.75) is 18.0 Å². The van der Waals surface area contributed by atoms with E-state index in [1.54, 1.807) is 6.92 Å². The Bertz CT molecular complexity index is 901. The van der Waals surface area contributed by atoms with Gasteiger partial charge in [-0.2, -0.15) is 13.2 Å². The fourth-order valence-electron chi connectivity index (χ4n) is 1.97. The first-order valence-corrected chi connectivity index (χ1v) is 8.81. The van der Waals surface area contributed by atoms with E-state index in [1.165, 1.54) is 24.3 Å². The molecule has 0 aliphatic rings. The van der Waals surface area contributed by atoms with Gasteiger partial charge < -0.3 is 5.32 Å². The maximum Gasteiger partial charge on any atom is 0.416 e. The first kappa shape index (κ1) is 19.7. The van der Waals surface area contributed by atoms with Crippen molar-refractivity contribution in [1.29, 1.82) is 0 Å². The number of rotatable bonds is 5. The van der Waals surface area contributed by atoms with Gasteiger partial charge in [-0.3, -0.25) is 5.32 Å². The lowest BCUT2D eigenvalue weighted by Gasteiger charge is -2.11. The molecule has 0 aliphatic heterocycles. The van der Waals surface area contributed by atoms with E-state index in [1.807, 2.05) is 0 Å². The third kappa shape index (κ3) is 5.17. The van der Waals surface area contributed by atoms with E-state index in [0.29, 0.717) is 6.07 Å². The molecule has 140 valence electrons. The standard InChI is InChI=1S/C15H15F3N4O3S/c1-2-20-26(24,25)12-5-3-4-11(9-12)21-14(23)22-13-8-10(6-7-19-13)15(16,17)18/h3-9,20H,2H2,1H3,(H2,19,21,22,23). The first-order valence-electron chi connectivity index (χ1n) is 7.33. The molecule has 1 heterocycles. The minimum atomic E-state index is -4.56. The van der Waals surface area contributed by atoms with Crippen molar-refractivity contribution in [1.82, 2.24) is 9.71 Å². The summed E-state index contributed by atoms with van der Waals surface area (Å²) in [4.78, 5) is 15.5. The molecule has 2 aromatic rings. The molecule has 0 saturated carbocycles. The van der Waals surface area contributed by atoms with Crippen molar-refractivity contribution in [3.8, 4) is 0 Å². The van der Waals surface area contributed by atoms with E-state index in [4.69, 9.17) is 0 Å². The van der Waals surface area contributed by atoms with Crippen LogP contribution < -0.4 is 15.4 Å². The number of carbonyl (C=O) groups excluding carboxylic acids is 1. The Hall–Kier alpha value is -2.66. The summed E-state index contributed by atoms with van der Waals surface area (Å²) in [5.74, 6) is -0.297. The summed E-state index contributed by atoms with van der Waals surface area (Å²) in [5.41, 5.74) is -0.810. The fraction of sp³-hybridized carbons (Fsp3) is 0.200. The zero-order valence-electron chi connectivity index (χ0n) is 13.5. The summed E-state index contributed by atoms with van der Waals surface area (Å²) in [7, 11) is -3.71. The van der Waals surface area contributed by atoms with Crippen molar-refractivity contribution in [3.63, 3.8) is 0 Å². The number of hydrogen-bond donors (Lipinski definition) is 3. The summed E-state index contributed by atoms with van der Waals surface area (Å²) >= 11 is 0. The van der Waals surface area contributed by atoms with Crippen LogP contribution in [0.2, 0.25) is 0 Å². The number of urea groups is 1. The SMILES string of the molecule is CCNS(=O)(=O)c1cccc(NC(=O)Nc2cc(C(F)(F)F)ccn2)c1. The number of amides is 2. The van der Waals surface area contributed by atoms with Gasteiger partial charge in [0, 0.05) is 18.4 Å². The number of benzene rings is 1. The molecule has 0 bridgehead atoms. The third-order valence-electron chi connectivity index (χ3n) is 3.07. The Morgan fingerprint density at radius 3 is 2.54 bits per heavy atom. The summed E-state index contributed by atoms with van der Waals surface area (Å²) in [6.07, 6.45) is -3.65. The van der Waals surface area contributed by atoms with Gasteiger partial charge in [-0.05, 0) is 30.3 Å². The zero-order valence-corrected chi connectivity index (χ0v) is 14.3. The lowest BCUT2D eigenvalue weighted by Crippen LogP contribution is -2.24. The van der Waals surface area contributed by atoms with E-state index >= 15 is 0 Å². The van der Waals surface area contributed by atoms with Crippen LogP contribution >= 0.6 is 0 Å². The number of alkyl halides is 3. The number of nitrogens with one attached hydrogen (secondary N) is 3. The van der Waals surface area contributed by atoms with Gasteiger partial charge in [-0.15, -0.1) is 0 Å². The van der Waals surface area contributed by atoms with Crippen LogP contribution in [0.3, 0.4) is 0 Å². The van der Waals surface area contributed by atoms with Gasteiger partial charge in [-0.25, -0.2) is 22.9 Å². The number of nitrogens with zero attached hydrogens (tertiary/aromatic N) is 1. The highest BCUT2D eigenvalue weighted by Gasteiger charge is 2.30. The second-order valence-electron chi connectivity index (χ2n) is 5.04. The molecule has 2 amide bonds. The average Bonchev–Trinajstić information content (AvgIpc) is 2.54. The van der Waals surface area contributed by atoms with Crippen molar-refractivity contribution in [2.24, 2.45) is 0 Å². The molecule has 7 nitrogen and oxygen atoms in total. The number of anilines is 2. The molecule has 0 unspecified atom stereocenters. The highest BCUT2D eigenvalue weighted by atomic mass is 32.2. The molecular formula is C15H15F3N4O3S. The Morgan fingerprint density at radius 2 is 1.88 bits per heavy atom. The molecular weight excluding hydrogens is 373 g/mol. The quantitative estimate of drug-likeness (QED) is 0.733. The van der Waals surface area contributed by atoms with E-state index < -0.39 is 27.8 Å². The molecule has 1 aromatic heterocycles. The van der Waals surface area contributed by atoms with Crippen molar-refractivity contribution in [3.05, 3.63) is 48.2 Å². The normalized spacial score (nSPS) is 11.8. The van der Waals surface area contributed by atoms with Gasteiger partial charge in [0.25, 0.3) is 0 Å². The molecule has 1 aromatic carbocycles. The van der Waals surface area contributed by atoms with Gasteiger partial charge in [-0.1, -0.05) is 13.0 Å². The van der Waals surface area contributed by atoms with Gasteiger partial charge >= 0.3 is 12.2 Å². The highest BCUT2D eigenvalue weighted by Crippen LogP contribution is 2.29. The van der Waals surface area contributed by atoms with Crippen LogP contribution in [-0.2, 0) is 16.2 Å². The van der Waals surface area contributed by atoms with Crippen LogP contribution in [0.4, 0.5) is 29.5 Å². The maximum absolute atomic E-state index is 12.7. The summed E-state index contributed by atoms with van der Waals surface area (Å²) < 4.78 is 64.1. The highest BCUT2D eigenvalue weighted by molar-refractivity contribution is 7.89. The summed E-state index contributed by atoms with van der Waals surface area (Å²) in [6, 6.07) is 6.01. The van der Waals surface area contributed by atoms with Crippen LogP contribution in [0.15, 0.2) is 47.5 Å². The molecule has 3 N–H and O–H groups in total. The number of halogens is 3. The molecule has 0 aliphatic carbocycles. The Labute approximate surface area is 147 Å². The van der Waals surface area contributed by atoms with E-state index in [-0.39, 0.29) is 22.9 Å². The minimum Gasteiger partial charge on any atom is -0.308 e. The van der Waals surface area contributed by atoms with Gasteiger partial charge in [0.05, 0.1) is 10.5 Å². The Kier molecular flexibility index (Phi) is 5.83. The van der Waals surface area contributed by atoms with Gasteiger partial charge in [0.15, 0.2) is 0 Å². The molecule has 0 spiro atoms. The predicted octanol–water partition coefficient (Wildman–Crippen LogP) is 3.04. The largest absolute Gasteiger partial charge is 0.416 e. The first-order chi connectivity index (χ1) is 12.1. The fourth-order valence-corrected chi connectivity index (χ4v) is 3.05. The molecule has 0 radical (unpaired) electrons. The molecule has 0 saturated heterocycles. The van der Waals surface area contributed by atoms with Gasteiger partial charge in [0.2, 0.25) is 10.0 Å². The van der Waals surface area contributed by atoms with Crippen LogP contribution in [0, 0.1) is 0 Å². The Morgan fingerprint density at radius 1 is 1.15 bits per heavy atom. The summed E-state index contributed by atoms with van der Waals surface area (Å²) in [6.45, 7) is 1.82. The number of aromatic nitrogens is 1. The van der Waals surface area contributed by atoms with Crippen LogP contribution in [0.25, 0.3) is 0 Å². The smallest absolute Gasteiger partial charge is 0.308 e. The van der Waals surface area contributed by atoms with Crippen molar-refractivity contribution < 1.29 is 26.4 Å². The lowest BCUT2D eigenvalue weighted by atomic mass is 10.2. The predicted molar refractivity (Wildman–Crippen MR) is 89.2 cm³/mol. The molecule has 0 fully saturated rings. The summed E-state index contributed by atoms with van der Waals surface area (Å²) in [5, 5.41) is 4.50. The molecule has 11 heteroatoms. The topological polar surface area (TPSA) is 100 Å². The second-order valence-corrected chi connectivity index (χ2v) is 6.80. The van der Waals surface area contributed by atoms with Crippen LogP contribution in [-0.4, -0.2) is 26.0 Å². The zero-order chi connectivity index (χ0) is 19.4. The van der Waals surface area contributed by atoms with E-state index in [9.17, 15) is 26.4 Å². The van der Waals surface area contributed by atoms with E-state index in [0.717, 1.165) is 12.3 Å². The second kappa shape index (κ2) is 7.70. The lowest BCUT2D eigenvalue weighted by molar-refractivity contribution is -0.137. The Balaban J connectivity index is 2.12. The third-order valence-corrected chi connectivity index (χ3v) is 4.61. The maximum atomic E-state index is 12.7.